The largest absolute Gasteiger partial charge is 0.444 e. The first-order chi connectivity index (χ1) is 7.28. The minimum atomic E-state index is -0.508. The number of carbonyl (C=O) groups excluding carboxylic acids is 1. The maximum absolute atomic E-state index is 11.4. The zero-order chi connectivity index (χ0) is 12.3. The maximum atomic E-state index is 11.4. The second kappa shape index (κ2) is 4.82. The lowest BCUT2D eigenvalue weighted by Gasteiger charge is -2.19. The molecule has 1 heterocycles. The van der Waals surface area contributed by atoms with Crippen molar-refractivity contribution < 1.29 is 9.53 Å². The van der Waals surface area contributed by atoms with Crippen molar-refractivity contribution in [3.63, 3.8) is 0 Å². The minimum absolute atomic E-state index is 0.465. The van der Waals surface area contributed by atoms with E-state index in [1.54, 1.807) is 6.07 Å². The number of aromatic nitrogens is 1. The Kier molecular flexibility index (Phi) is 3.91. The van der Waals surface area contributed by atoms with Crippen LogP contribution in [0, 0.1) is 6.92 Å². The Balaban J connectivity index is 2.67. The molecule has 0 saturated carbocycles. The van der Waals surface area contributed by atoms with Crippen LogP contribution in [0.3, 0.4) is 0 Å². The van der Waals surface area contributed by atoms with Crippen molar-refractivity contribution in [3.05, 3.63) is 22.3 Å². The molecule has 0 unspecified atom stereocenters. The van der Waals surface area contributed by atoms with E-state index >= 15 is 0 Å². The fraction of sp³-hybridized carbons (Fsp3) is 0.455. The number of pyridine rings is 1. The number of nitrogens with one attached hydrogen (secondary N) is 1. The monoisotopic (exact) mass is 286 g/mol. The molecule has 1 aromatic rings. The topological polar surface area (TPSA) is 51.2 Å². The van der Waals surface area contributed by atoms with Crippen LogP contribution in [0.5, 0.6) is 0 Å². The van der Waals surface area contributed by atoms with Crippen LogP contribution in [0.15, 0.2) is 16.7 Å². The molecule has 0 aliphatic rings. The van der Waals surface area contributed by atoms with Gasteiger partial charge < -0.3 is 4.74 Å². The standard InChI is InChI=1S/C11H15BrN2O2/c1-7-5-6-8(13-9(7)12)14-10(15)16-11(2,3)4/h5-6H,1-4H3,(H,13,14,15). The Bertz CT molecular complexity index is 399. The first-order valence-electron chi connectivity index (χ1n) is 4.91. The van der Waals surface area contributed by atoms with E-state index in [1.807, 2.05) is 33.8 Å². The number of nitrogens with zero attached hydrogens (tertiary/aromatic N) is 1. The molecule has 1 rings (SSSR count). The van der Waals surface area contributed by atoms with Crippen molar-refractivity contribution in [1.29, 1.82) is 0 Å². The lowest BCUT2D eigenvalue weighted by atomic mass is 10.2. The average molecular weight is 287 g/mol. The minimum Gasteiger partial charge on any atom is -0.444 e. The van der Waals surface area contributed by atoms with Gasteiger partial charge in [0.15, 0.2) is 0 Å². The third-order valence-corrected chi connectivity index (χ3v) is 2.47. The highest BCUT2D eigenvalue weighted by atomic mass is 79.9. The Morgan fingerprint density at radius 1 is 1.44 bits per heavy atom. The molecule has 0 atom stereocenters. The molecule has 0 spiro atoms. The molecule has 16 heavy (non-hydrogen) atoms. The number of amides is 1. The molecule has 0 aromatic carbocycles. The van der Waals surface area contributed by atoms with E-state index < -0.39 is 11.7 Å². The molecule has 0 aliphatic heterocycles. The van der Waals surface area contributed by atoms with E-state index in [-0.39, 0.29) is 0 Å². The van der Waals surface area contributed by atoms with Crippen molar-refractivity contribution in [1.82, 2.24) is 4.98 Å². The molecular formula is C11H15BrN2O2. The van der Waals surface area contributed by atoms with E-state index in [0.717, 1.165) is 5.56 Å². The average Bonchev–Trinajstić information content (AvgIpc) is 2.08. The van der Waals surface area contributed by atoms with Crippen molar-refractivity contribution in [3.8, 4) is 0 Å². The Labute approximate surface area is 104 Å². The Morgan fingerprint density at radius 3 is 2.56 bits per heavy atom. The number of aryl methyl sites for hydroxylation is 1. The van der Waals surface area contributed by atoms with Crippen LogP contribution in [0.2, 0.25) is 0 Å². The molecule has 1 N–H and O–H groups in total. The third kappa shape index (κ3) is 4.18. The SMILES string of the molecule is Cc1ccc(NC(=O)OC(C)(C)C)nc1Br. The number of anilines is 1. The van der Waals surface area contributed by atoms with Crippen molar-refractivity contribution in [2.24, 2.45) is 0 Å². The first kappa shape index (κ1) is 13.0. The highest BCUT2D eigenvalue weighted by Crippen LogP contribution is 2.16. The maximum Gasteiger partial charge on any atom is 0.413 e. The molecule has 1 amide bonds. The molecule has 0 fully saturated rings. The van der Waals surface area contributed by atoms with Crippen molar-refractivity contribution in [2.75, 3.05) is 5.32 Å². The molecule has 88 valence electrons. The molecule has 5 heteroatoms. The van der Waals surface area contributed by atoms with Gasteiger partial charge in [-0.3, -0.25) is 5.32 Å². The molecule has 0 aliphatic carbocycles. The van der Waals surface area contributed by atoms with Crippen LogP contribution < -0.4 is 5.32 Å². The third-order valence-electron chi connectivity index (χ3n) is 1.66. The van der Waals surface area contributed by atoms with E-state index in [4.69, 9.17) is 4.74 Å². The smallest absolute Gasteiger partial charge is 0.413 e. The molecule has 0 bridgehead atoms. The molecule has 4 nitrogen and oxygen atoms in total. The van der Waals surface area contributed by atoms with Crippen molar-refractivity contribution in [2.45, 2.75) is 33.3 Å². The summed E-state index contributed by atoms with van der Waals surface area (Å²) in [5.74, 6) is 0.465. The predicted octanol–water partition coefficient (Wildman–Crippen LogP) is 3.50. The fourth-order valence-electron chi connectivity index (χ4n) is 0.982. The highest BCUT2D eigenvalue weighted by Gasteiger charge is 2.16. The summed E-state index contributed by atoms with van der Waals surface area (Å²) in [4.78, 5) is 15.6. The van der Waals surface area contributed by atoms with E-state index in [1.165, 1.54) is 0 Å². The number of hydrogen-bond donors (Lipinski definition) is 1. The van der Waals surface area contributed by atoms with Gasteiger partial charge in [-0.15, -0.1) is 0 Å². The van der Waals surface area contributed by atoms with Crippen LogP contribution in [0.1, 0.15) is 26.3 Å². The summed E-state index contributed by atoms with van der Waals surface area (Å²) >= 11 is 3.29. The summed E-state index contributed by atoms with van der Waals surface area (Å²) in [5.41, 5.74) is 0.501. The number of rotatable bonds is 1. The number of carbonyl (C=O) groups is 1. The lowest BCUT2D eigenvalue weighted by Crippen LogP contribution is -2.27. The second-order valence-corrected chi connectivity index (χ2v) is 5.18. The predicted molar refractivity (Wildman–Crippen MR) is 66.5 cm³/mol. The summed E-state index contributed by atoms with van der Waals surface area (Å²) < 4.78 is 5.82. The molecule has 0 radical (unpaired) electrons. The van der Waals surface area contributed by atoms with Gasteiger partial charge in [0.2, 0.25) is 0 Å². The van der Waals surface area contributed by atoms with Crippen LogP contribution in [0.4, 0.5) is 10.6 Å². The zero-order valence-corrected chi connectivity index (χ0v) is 11.4. The van der Waals surface area contributed by atoms with Crippen LogP contribution in [-0.4, -0.2) is 16.7 Å². The van der Waals surface area contributed by atoms with Gasteiger partial charge in [-0.1, -0.05) is 6.07 Å². The van der Waals surface area contributed by atoms with Gasteiger partial charge in [-0.05, 0) is 55.3 Å². The van der Waals surface area contributed by atoms with Crippen LogP contribution in [0.25, 0.3) is 0 Å². The van der Waals surface area contributed by atoms with Gasteiger partial charge in [0, 0.05) is 0 Å². The molecular weight excluding hydrogens is 272 g/mol. The molecule has 0 saturated heterocycles. The number of ether oxygens (including phenoxy) is 1. The van der Waals surface area contributed by atoms with Gasteiger partial charge >= 0.3 is 6.09 Å². The lowest BCUT2D eigenvalue weighted by molar-refractivity contribution is 0.0635. The van der Waals surface area contributed by atoms with Crippen LogP contribution >= 0.6 is 15.9 Å². The van der Waals surface area contributed by atoms with Gasteiger partial charge in [0.05, 0.1) is 0 Å². The summed E-state index contributed by atoms with van der Waals surface area (Å²) in [7, 11) is 0. The van der Waals surface area contributed by atoms with E-state index in [2.05, 4.69) is 26.2 Å². The van der Waals surface area contributed by atoms with E-state index in [9.17, 15) is 4.79 Å². The zero-order valence-electron chi connectivity index (χ0n) is 9.80. The summed E-state index contributed by atoms with van der Waals surface area (Å²) in [6.45, 7) is 7.36. The van der Waals surface area contributed by atoms with Gasteiger partial charge in [-0.2, -0.15) is 0 Å². The number of halogens is 1. The van der Waals surface area contributed by atoms with Gasteiger partial charge in [-0.25, -0.2) is 9.78 Å². The number of hydrogen-bond acceptors (Lipinski definition) is 3. The van der Waals surface area contributed by atoms with Crippen LogP contribution in [-0.2, 0) is 4.74 Å². The van der Waals surface area contributed by atoms with E-state index in [0.29, 0.717) is 10.4 Å². The molecule has 1 aromatic heterocycles. The van der Waals surface area contributed by atoms with Gasteiger partial charge in [0.25, 0.3) is 0 Å². The first-order valence-corrected chi connectivity index (χ1v) is 5.70. The summed E-state index contributed by atoms with van der Waals surface area (Å²) in [6.07, 6.45) is -0.504. The summed E-state index contributed by atoms with van der Waals surface area (Å²) in [5, 5.41) is 2.56. The highest BCUT2D eigenvalue weighted by molar-refractivity contribution is 9.10. The van der Waals surface area contributed by atoms with Gasteiger partial charge in [0.1, 0.15) is 16.0 Å². The normalized spacial score (nSPS) is 11.1. The Morgan fingerprint density at radius 2 is 2.06 bits per heavy atom. The van der Waals surface area contributed by atoms with Crippen molar-refractivity contribution >= 4 is 27.8 Å². The second-order valence-electron chi connectivity index (χ2n) is 4.43. The quantitative estimate of drug-likeness (QED) is 0.804. The Hall–Kier alpha value is -1.10. The fourth-order valence-corrected chi connectivity index (χ4v) is 1.30. The summed E-state index contributed by atoms with van der Waals surface area (Å²) in [6, 6.07) is 3.59.